The van der Waals surface area contributed by atoms with E-state index in [2.05, 4.69) is 4.74 Å². The number of ether oxygens (including phenoxy) is 1. The molecule has 0 aliphatic carbocycles. The van der Waals surface area contributed by atoms with Crippen molar-refractivity contribution in [2.75, 3.05) is 20.2 Å². The van der Waals surface area contributed by atoms with Crippen molar-refractivity contribution >= 4 is 11.9 Å². The van der Waals surface area contributed by atoms with Gasteiger partial charge >= 0.3 is 5.97 Å². The predicted molar refractivity (Wildman–Crippen MR) is 59.9 cm³/mol. The molecule has 7 heteroatoms. The van der Waals surface area contributed by atoms with E-state index in [1.807, 2.05) is 0 Å². The summed E-state index contributed by atoms with van der Waals surface area (Å²) in [5.41, 5.74) is -0.909. The van der Waals surface area contributed by atoms with E-state index < -0.39 is 41.4 Å². The van der Waals surface area contributed by atoms with Crippen molar-refractivity contribution in [3.8, 4) is 0 Å². The zero-order valence-electron chi connectivity index (χ0n) is 10.4. The van der Waals surface area contributed by atoms with Crippen molar-refractivity contribution in [3.63, 3.8) is 0 Å². The van der Waals surface area contributed by atoms with Crippen LogP contribution in [0.3, 0.4) is 0 Å². The lowest BCUT2D eigenvalue weighted by atomic mass is 10.1. The van der Waals surface area contributed by atoms with E-state index in [0.717, 1.165) is 4.90 Å². The average Bonchev–Trinajstić information content (AvgIpc) is 2.27. The first-order valence-electron chi connectivity index (χ1n) is 5.42. The van der Waals surface area contributed by atoms with Gasteiger partial charge in [-0.15, -0.1) is 0 Å². The summed E-state index contributed by atoms with van der Waals surface area (Å²) in [7, 11) is 1.18. The van der Waals surface area contributed by atoms with Crippen LogP contribution in [0, 0.1) is 17.5 Å². The van der Waals surface area contributed by atoms with Crippen molar-refractivity contribution in [3.05, 3.63) is 35.1 Å². The largest absolute Gasteiger partial charge is 0.465 e. The molecule has 0 aromatic heterocycles. The Morgan fingerprint density at radius 2 is 1.74 bits per heavy atom. The highest BCUT2D eigenvalue weighted by Crippen LogP contribution is 2.16. The van der Waals surface area contributed by atoms with Gasteiger partial charge in [0.1, 0.15) is 29.6 Å². The molecule has 0 heterocycles. The van der Waals surface area contributed by atoms with Crippen LogP contribution in [0.5, 0.6) is 0 Å². The molecular formula is C12H12F3NO3. The predicted octanol–water partition coefficient (Wildman–Crippen LogP) is 1.74. The number of hydrogen-bond donors (Lipinski definition) is 0. The number of esters is 1. The summed E-state index contributed by atoms with van der Waals surface area (Å²) in [6.07, 6.45) is 0. The summed E-state index contributed by atoms with van der Waals surface area (Å²) in [5, 5.41) is 0. The Hall–Kier alpha value is -2.05. The molecule has 1 rings (SSSR count). The van der Waals surface area contributed by atoms with E-state index in [1.54, 1.807) is 6.92 Å². The second kappa shape index (κ2) is 6.21. The molecule has 104 valence electrons. The van der Waals surface area contributed by atoms with E-state index in [1.165, 1.54) is 7.05 Å². The lowest BCUT2D eigenvalue weighted by Gasteiger charge is -2.16. The lowest BCUT2D eigenvalue weighted by molar-refractivity contribution is -0.143. The zero-order valence-corrected chi connectivity index (χ0v) is 10.4. The first-order valence-corrected chi connectivity index (χ1v) is 5.42. The molecule has 0 saturated heterocycles. The Balaban J connectivity index is 2.91. The van der Waals surface area contributed by atoms with Crippen molar-refractivity contribution < 1.29 is 27.5 Å². The number of amides is 1. The highest BCUT2D eigenvalue weighted by Gasteiger charge is 2.23. The third kappa shape index (κ3) is 3.70. The normalized spacial score (nSPS) is 10.2. The molecule has 1 amide bonds. The standard InChI is InChI=1S/C12H12F3NO3/c1-3-19-10(17)6-16(2)12(18)11-8(14)4-7(13)5-9(11)15/h4-5H,3,6H2,1-2H3. The van der Waals surface area contributed by atoms with Gasteiger partial charge in [0, 0.05) is 19.2 Å². The van der Waals surface area contributed by atoms with E-state index >= 15 is 0 Å². The summed E-state index contributed by atoms with van der Waals surface area (Å²) in [4.78, 5) is 23.7. The number of benzene rings is 1. The SMILES string of the molecule is CCOC(=O)CN(C)C(=O)c1c(F)cc(F)cc1F. The third-order valence-electron chi connectivity index (χ3n) is 2.24. The second-order valence-electron chi connectivity index (χ2n) is 3.71. The summed E-state index contributed by atoms with van der Waals surface area (Å²) in [6.45, 7) is 1.25. The second-order valence-corrected chi connectivity index (χ2v) is 3.71. The van der Waals surface area contributed by atoms with Crippen molar-refractivity contribution in [2.24, 2.45) is 0 Å². The fraction of sp³-hybridized carbons (Fsp3) is 0.333. The molecule has 0 bridgehead atoms. The molecule has 0 unspecified atom stereocenters. The molecule has 0 saturated carbocycles. The number of halogens is 3. The highest BCUT2D eigenvalue weighted by molar-refractivity contribution is 5.96. The lowest BCUT2D eigenvalue weighted by Crippen LogP contribution is -2.34. The number of carbonyl (C=O) groups is 2. The maximum atomic E-state index is 13.4. The first-order chi connectivity index (χ1) is 8.86. The van der Waals surface area contributed by atoms with Gasteiger partial charge in [-0.1, -0.05) is 0 Å². The quantitative estimate of drug-likeness (QED) is 0.786. The van der Waals surface area contributed by atoms with E-state index in [9.17, 15) is 22.8 Å². The van der Waals surface area contributed by atoms with Crippen LogP contribution in [0.1, 0.15) is 17.3 Å². The number of carbonyl (C=O) groups excluding carboxylic acids is 2. The first kappa shape index (κ1) is 15.0. The number of likely N-dealkylation sites (N-methyl/N-ethyl adjacent to an activating group) is 1. The minimum absolute atomic E-state index is 0.125. The molecule has 0 N–H and O–H groups in total. The van der Waals surface area contributed by atoms with Crippen LogP contribution in [0.2, 0.25) is 0 Å². The highest BCUT2D eigenvalue weighted by atomic mass is 19.1. The Morgan fingerprint density at radius 3 is 2.21 bits per heavy atom. The van der Waals surface area contributed by atoms with E-state index in [-0.39, 0.29) is 6.61 Å². The fourth-order valence-corrected chi connectivity index (χ4v) is 1.41. The number of nitrogens with zero attached hydrogens (tertiary/aromatic N) is 1. The number of rotatable bonds is 4. The van der Waals surface area contributed by atoms with Gasteiger partial charge in [0.25, 0.3) is 5.91 Å². The van der Waals surface area contributed by atoms with Gasteiger partial charge in [-0.2, -0.15) is 0 Å². The van der Waals surface area contributed by atoms with Gasteiger partial charge in [0.05, 0.1) is 6.61 Å². The Bertz CT molecular complexity index is 482. The van der Waals surface area contributed by atoms with Crippen LogP contribution in [-0.2, 0) is 9.53 Å². The van der Waals surface area contributed by atoms with Crippen LogP contribution in [0.15, 0.2) is 12.1 Å². The molecule has 0 spiro atoms. The third-order valence-corrected chi connectivity index (χ3v) is 2.24. The molecule has 0 radical (unpaired) electrons. The smallest absolute Gasteiger partial charge is 0.325 e. The Kier molecular flexibility index (Phi) is 4.91. The zero-order chi connectivity index (χ0) is 14.6. The van der Waals surface area contributed by atoms with Crippen LogP contribution < -0.4 is 0 Å². The van der Waals surface area contributed by atoms with Crippen molar-refractivity contribution in [1.29, 1.82) is 0 Å². The van der Waals surface area contributed by atoms with Gasteiger partial charge in [-0.25, -0.2) is 13.2 Å². The van der Waals surface area contributed by atoms with Gasteiger partial charge in [-0.3, -0.25) is 9.59 Å². The van der Waals surface area contributed by atoms with Crippen LogP contribution in [0.4, 0.5) is 13.2 Å². The maximum Gasteiger partial charge on any atom is 0.325 e. The van der Waals surface area contributed by atoms with Gasteiger partial charge in [0.15, 0.2) is 0 Å². The monoisotopic (exact) mass is 275 g/mol. The Labute approximate surface area is 107 Å². The molecule has 19 heavy (non-hydrogen) atoms. The van der Waals surface area contributed by atoms with E-state index in [0.29, 0.717) is 12.1 Å². The molecule has 0 aliphatic heterocycles. The molecule has 0 atom stereocenters. The van der Waals surface area contributed by atoms with Crippen LogP contribution in [-0.4, -0.2) is 37.0 Å². The number of hydrogen-bond acceptors (Lipinski definition) is 3. The van der Waals surface area contributed by atoms with Gasteiger partial charge in [0.2, 0.25) is 0 Å². The van der Waals surface area contributed by atoms with E-state index in [4.69, 9.17) is 0 Å². The van der Waals surface area contributed by atoms with Crippen molar-refractivity contribution in [1.82, 2.24) is 4.90 Å². The molecule has 4 nitrogen and oxygen atoms in total. The van der Waals surface area contributed by atoms with Crippen molar-refractivity contribution in [2.45, 2.75) is 6.92 Å². The van der Waals surface area contributed by atoms with Crippen LogP contribution >= 0.6 is 0 Å². The molecule has 1 aromatic carbocycles. The minimum atomic E-state index is -1.32. The summed E-state index contributed by atoms with van der Waals surface area (Å²) < 4.78 is 44.0. The molecule has 1 aromatic rings. The molecule has 0 fully saturated rings. The summed E-state index contributed by atoms with van der Waals surface area (Å²) >= 11 is 0. The Morgan fingerprint density at radius 1 is 1.21 bits per heavy atom. The average molecular weight is 275 g/mol. The van der Waals surface area contributed by atoms with Crippen LogP contribution in [0.25, 0.3) is 0 Å². The van der Waals surface area contributed by atoms with Gasteiger partial charge in [-0.05, 0) is 6.92 Å². The molecular weight excluding hydrogens is 263 g/mol. The minimum Gasteiger partial charge on any atom is -0.465 e. The summed E-state index contributed by atoms with van der Waals surface area (Å²) in [6, 6.07) is 0.795. The molecule has 0 aliphatic rings. The van der Waals surface area contributed by atoms with Gasteiger partial charge < -0.3 is 9.64 Å². The fourth-order valence-electron chi connectivity index (χ4n) is 1.41. The maximum absolute atomic E-state index is 13.4. The summed E-state index contributed by atoms with van der Waals surface area (Å²) in [5.74, 6) is -5.54. The topological polar surface area (TPSA) is 46.6 Å².